The summed E-state index contributed by atoms with van der Waals surface area (Å²) in [6.45, 7) is 8.97. The van der Waals surface area contributed by atoms with Crippen LogP contribution in [0, 0.1) is 17.8 Å². The zero-order valence-electron chi connectivity index (χ0n) is 12.2. The maximum absolute atomic E-state index is 5.18. The minimum atomic E-state index is 0.629. The van der Waals surface area contributed by atoms with E-state index in [4.69, 9.17) is 4.74 Å². The van der Waals surface area contributed by atoms with Crippen molar-refractivity contribution < 1.29 is 4.74 Å². The number of rotatable bonds is 6. The van der Waals surface area contributed by atoms with Gasteiger partial charge in [-0.1, -0.05) is 33.6 Å². The lowest BCUT2D eigenvalue weighted by molar-refractivity contribution is 0.156. The van der Waals surface area contributed by atoms with E-state index in [1.54, 1.807) is 7.11 Å². The van der Waals surface area contributed by atoms with Crippen LogP contribution < -0.4 is 5.32 Å². The highest BCUT2D eigenvalue weighted by Gasteiger charge is 2.20. The van der Waals surface area contributed by atoms with Crippen LogP contribution in [0.5, 0.6) is 0 Å². The number of hydrogen-bond acceptors (Lipinski definition) is 2. The van der Waals surface area contributed by atoms with Crippen LogP contribution in [0.3, 0.4) is 0 Å². The SMILES string of the molecule is COCC(C)CNC1CCCC(C(C)C)CC1. The third-order valence-electron chi connectivity index (χ3n) is 4.16. The van der Waals surface area contributed by atoms with Crippen molar-refractivity contribution in [1.82, 2.24) is 5.32 Å². The van der Waals surface area contributed by atoms with E-state index >= 15 is 0 Å². The molecule has 0 aromatic rings. The molecule has 1 N–H and O–H groups in total. The van der Waals surface area contributed by atoms with Crippen LogP contribution in [-0.2, 0) is 4.74 Å². The van der Waals surface area contributed by atoms with Crippen molar-refractivity contribution in [3.8, 4) is 0 Å². The normalized spacial score (nSPS) is 28.1. The van der Waals surface area contributed by atoms with Crippen LogP contribution in [0.4, 0.5) is 0 Å². The van der Waals surface area contributed by atoms with Gasteiger partial charge in [-0.25, -0.2) is 0 Å². The molecule has 17 heavy (non-hydrogen) atoms. The van der Waals surface area contributed by atoms with E-state index in [9.17, 15) is 0 Å². The second kappa shape index (κ2) is 8.10. The fraction of sp³-hybridized carbons (Fsp3) is 1.00. The molecule has 0 aromatic carbocycles. The number of ether oxygens (including phenoxy) is 1. The Morgan fingerprint density at radius 1 is 1.12 bits per heavy atom. The molecule has 2 heteroatoms. The van der Waals surface area contributed by atoms with Crippen LogP contribution in [0.2, 0.25) is 0 Å². The number of hydrogen-bond donors (Lipinski definition) is 1. The molecule has 2 nitrogen and oxygen atoms in total. The lowest BCUT2D eigenvalue weighted by atomic mass is 9.89. The molecule has 0 aliphatic heterocycles. The predicted molar refractivity (Wildman–Crippen MR) is 74.2 cm³/mol. The monoisotopic (exact) mass is 241 g/mol. The van der Waals surface area contributed by atoms with Crippen LogP contribution in [0.25, 0.3) is 0 Å². The summed E-state index contributed by atoms with van der Waals surface area (Å²) in [5.41, 5.74) is 0. The third kappa shape index (κ3) is 5.87. The van der Waals surface area contributed by atoms with Gasteiger partial charge >= 0.3 is 0 Å². The molecule has 1 fully saturated rings. The van der Waals surface area contributed by atoms with E-state index in [0.717, 1.165) is 31.0 Å². The van der Waals surface area contributed by atoms with Crippen LogP contribution in [0.15, 0.2) is 0 Å². The molecule has 0 spiro atoms. The van der Waals surface area contributed by atoms with Crippen LogP contribution in [-0.4, -0.2) is 26.3 Å². The Balaban J connectivity index is 2.22. The van der Waals surface area contributed by atoms with Gasteiger partial charge in [0.2, 0.25) is 0 Å². The molecule has 102 valence electrons. The first-order valence-corrected chi connectivity index (χ1v) is 7.35. The summed E-state index contributed by atoms with van der Waals surface area (Å²) < 4.78 is 5.18. The minimum Gasteiger partial charge on any atom is -0.384 e. The van der Waals surface area contributed by atoms with Crippen molar-refractivity contribution in [3.05, 3.63) is 0 Å². The van der Waals surface area contributed by atoms with Crippen molar-refractivity contribution in [1.29, 1.82) is 0 Å². The van der Waals surface area contributed by atoms with E-state index in [-0.39, 0.29) is 0 Å². The highest BCUT2D eigenvalue weighted by molar-refractivity contribution is 4.76. The predicted octanol–water partition coefficient (Wildman–Crippen LogP) is 3.46. The van der Waals surface area contributed by atoms with Gasteiger partial charge in [-0.15, -0.1) is 0 Å². The van der Waals surface area contributed by atoms with Crippen molar-refractivity contribution in [3.63, 3.8) is 0 Å². The maximum atomic E-state index is 5.18. The minimum absolute atomic E-state index is 0.629. The first-order chi connectivity index (χ1) is 8.13. The first-order valence-electron chi connectivity index (χ1n) is 7.35. The first kappa shape index (κ1) is 15.0. The molecule has 3 unspecified atom stereocenters. The summed E-state index contributed by atoms with van der Waals surface area (Å²) >= 11 is 0. The van der Waals surface area contributed by atoms with Crippen molar-refractivity contribution in [2.24, 2.45) is 17.8 Å². The molecule has 0 amide bonds. The smallest absolute Gasteiger partial charge is 0.0499 e. The Kier molecular flexibility index (Phi) is 7.14. The molecule has 1 aliphatic carbocycles. The van der Waals surface area contributed by atoms with E-state index in [1.165, 1.54) is 32.1 Å². The Morgan fingerprint density at radius 3 is 2.53 bits per heavy atom. The average Bonchev–Trinajstić information content (AvgIpc) is 2.52. The summed E-state index contributed by atoms with van der Waals surface area (Å²) in [7, 11) is 1.79. The molecule has 0 aromatic heterocycles. The molecule has 1 aliphatic rings. The van der Waals surface area contributed by atoms with Gasteiger partial charge in [0.05, 0.1) is 0 Å². The fourth-order valence-electron chi connectivity index (χ4n) is 2.91. The van der Waals surface area contributed by atoms with Gasteiger partial charge in [-0.05, 0) is 37.0 Å². The lowest BCUT2D eigenvalue weighted by Gasteiger charge is -2.20. The summed E-state index contributed by atoms with van der Waals surface area (Å²) in [5, 5.41) is 3.73. The second-order valence-corrected chi connectivity index (χ2v) is 6.18. The summed E-state index contributed by atoms with van der Waals surface area (Å²) in [6.07, 6.45) is 6.97. The Morgan fingerprint density at radius 2 is 1.88 bits per heavy atom. The molecule has 0 saturated heterocycles. The van der Waals surface area contributed by atoms with Gasteiger partial charge in [0.25, 0.3) is 0 Å². The largest absolute Gasteiger partial charge is 0.384 e. The summed E-state index contributed by atoms with van der Waals surface area (Å²) in [6, 6.07) is 0.748. The fourth-order valence-corrected chi connectivity index (χ4v) is 2.91. The Hall–Kier alpha value is -0.0800. The van der Waals surface area contributed by atoms with Gasteiger partial charge in [0.15, 0.2) is 0 Å². The molecule has 0 radical (unpaired) electrons. The standard InChI is InChI=1S/C15H31NO/c1-12(2)14-6-5-7-15(9-8-14)16-10-13(3)11-17-4/h12-16H,5-11H2,1-4H3. The molecule has 3 atom stereocenters. The molecule has 0 bridgehead atoms. The molecule has 0 heterocycles. The number of methoxy groups -OCH3 is 1. The van der Waals surface area contributed by atoms with E-state index in [0.29, 0.717) is 5.92 Å². The third-order valence-corrected chi connectivity index (χ3v) is 4.16. The van der Waals surface area contributed by atoms with Gasteiger partial charge in [0.1, 0.15) is 0 Å². The zero-order chi connectivity index (χ0) is 12.7. The van der Waals surface area contributed by atoms with Gasteiger partial charge in [-0.3, -0.25) is 0 Å². The van der Waals surface area contributed by atoms with Crippen LogP contribution in [0.1, 0.15) is 52.9 Å². The second-order valence-electron chi connectivity index (χ2n) is 6.18. The summed E-state index contributed by atoms with van der Waals surface area (Å²) in [5.74, 6) is 2.45. The molecular formula is C15H31NO. The topological polar surface area (TPSA) is 21.3 Å². The quantitative estimate of drug-likeness (QED) is 0.719. The zero-order valence-corrected chi connectivity index (χ0v) is 12.2. The number of nitrogens with one attached hydrogen (secondary N) is 1. The van der Waals surface area contributed by atoms with Gasteiger partial charge in [0, 0.05) is 26.3 Å². The van der Waals surface area contributed by atoms with Gasteiger partial charge < -0.3 is 10.1 Å². The summed E-state index contributed by atoms with van der Waals surface area (Å²) in [4.78, 5) is 0. The van der Waals surface area contributed by atoms with E-state index in [1.807, 2.05) is 0 Å². The lowest BCUT2D eigenvalue weighted by Crippen LogP contribution is -2.33. The van der Waals surface area contributed by atoms with E-state index in [2.05, 4.69) is 26.1 Å². The van der Waals surface area contributed by atoms with Gasteiger partial charge in [-0.2, -0.15) is 0 Å². The molecular weight excluding hydrogens is 210 g/mol. The molecule has 1 rings (SSSR count). The highest BCUT2D eigenvalue weighted by Crippen LogP contribution is 2.28. The van der Waals surface area contributed by atoms with Crippen molar-refractivity contribution in [2.75, 3.05) is 20.3 Å². The Labute approximate surface area is 108 Å². The molecule has 1 saturated carbocycles. The van der Waals surface area contributed by atoms with Crippen LogP contribution >= 0.6 is 0 Å². The highest BCUT2D eigenvalue weighted by atomic mass is 16.5. The Bertz CT molecular complexity index is 193. The van der Waals surface area contributed by atoms with E-state index < -0.39 is 0 Å². The van der Waals surface area contributed by atoms with Crippen molar-refractivity contribution in [2.45, 2.75) is 58.9 Å². The average molecular weight is 241 g/mol. The maximum Gasteiger partial charge on any atom is 0.0499 e. The van der Waals surface area contributed by atoms with Crippen molar-refractivity contribution >= 4 is 0 Å².